The third-order valence-corrected chi connectivity index (χ3v) is 6.40. The number of hydrogen-bond acceptors (Lipinski definition) is 3. The Morgan fingerprint density at radius 1 is 1.31 bits per heavy atom. The predicted molar refractivity (Wildman–Crippen MR) is 63.9 cm³/mol. The Labute approximate surface area is 97.8 Å². The Hall–Kier alpha value is -0.510. The van der Waals surface area contributed by atoms with Crippen LogP contribution in [0.25, 0.3) is 0 Å². The molecule has 4 heteroatoms. The van der Waals surface area contributed by atoms with Gasteiger partial charge in [0, 0.05) is 0 Å². The molecule has 1 aliphatic carbocycles. The molecule has 0 aromatic rings. The van der Waals surface area contributed by atoms with Crippen LogP contribution in [0, 0.1) is 0 Å². The molecule has 3 nitrogen and oxygen atoms in total. The highest BCUT2D eigenvalue weighted by molar-refractivity contribution is 7.93. The fourth-order valence-corrected chi connectivity index (χ4v) is 4.20. The molecule has 16 heavy (non-hydrogen) atoms. The van der Waals surface area contributed by atoms with Crippen LogP contribution < -0.4 is 0 Å². The summed E-state index contributed by atoms with van der Waals surface area (Å²) >= 11 is 0. The van der Waals surface area contributed by atoms with Gasteiger partial charge >= 0.3 is 0 Å². The molecule has 2 aliphatic rings. The minimum atomic E-state index is -2.94. The first kappa shape index (κ1) is 12.0. The summed E-state index contributed by atoms with van der Waals surface area (Å²) in [5.41, 5.74) is 1.33. The van der Waals surface area contributed by atoms with E-state index in [2.05, 4.69) is 0 Å². The summed E-state index contributed by atoms with van der Waals surface area (Å²) in [5.74, 6) is 0.323. The maximum absolute atomic E-state index is 11.8. The maximum Gasteiger partial charge on any atom is 0.159 e. The standard InChI is InChI=1S/C12H20O3S/c1-12(7-4-8-16(12,13)14)10-15-9-11-5-2-3-6-11/h9H,2-8,10H2,1H3. The Morgan fingerprint density at radius 3 is 2.56 bits per heavy atom. The molecule has 2 rings (SSSR count). The molecular weight excluding hydrogens is 224 g/mol. The Balaban J connectivity index is 1.92. The fraction of sp³-hybridized carbons (Fsp3) is 0.833. The van der Waals surface area contributed by atoms with Gasteiger partial charge in [-0.05, 0) is 51.0 Å². The first-order chi connectivity index (χ1) is 7.54. The monoisotopic (exact) mass is 244 g/mol. The lowest BCUT2D eigenvalue weighted by atomic mass is 10.1. The van der Waals surface area contributed by atoms with Crippen LogP contribution in [0.3, 0.4) is 0 Å². The second kappa shape index (κ2) is 4.40. The van der Waals surface area contributed by atoms with Crippen molar-refractivity contribution in [3.63, 3.8) is 0 Å². The molecule has 0 spiro atoms. The second-order valence-corrected chi connectivity index (χ2v) is 7.79. The van der Waals surface area contributed by atoms with Crippen molar-refractivity contribution in [2.75, 3.05) is 12.4 Å². The van der Waals surface area contributed by atoms with Crippen LogP contribution in [0.4, 0.5) is 0 Å². The van der Waals surface area contributed by atoms with Crippen LogP contribution >= 0.6 is 0 Å². The molecule has 1 unspecified atom stereocenters. The summed E-state index contributed by atoms with van der Waals surface area (Å²) in [6, 6.07) is 0. The van der Waals surface area contributed by atoms with Crippen LogP contribution in [0.1, 0.15) is 45.4 Å². The first-order valence-corrected chi connectivity index (χ1v) is 7.71. The van der Waals surface area contributed by atoms with Gasteiger partial charge in [-0.1, -0.05) is 0 Å². The van der Waals surface area contributed by atoms with Gasteiger partial charge in [-0.3, -0.25) is 0 Å². The quantitative estimate of drug-likeness (QED) is 0.716. The lowest BCUT2D eigenvalue weighted by molar-refractivity contribution is 0.209. The van der Waals surface area contributed by atoms with Gasteiger partial charge in [-0.2, -0.15) is 0 Å². The molecule has 0 amide bonds. The van der Waals surface area contributed by atoms with E-state index in [1.165, 1.54) is 18.4 Å². The molecule has 0 N–H and O–H groups in total. The van der Waals surface area contributed by atoms with Gasteiger partial charge < -0.3 is 4.74 Å². The van der Waals surface area contributed by atoms with E-state index in [0.29, 0.717) is 12.4 Å². The smallest absolute Gasteiger partial charge is 0.159 e. The van der Waals surface area contributed by atoms with E-state index in [-0.39, 0.29) is 0 Å². The average molecular weight is 244 g/mol. The van der Waals surface area contributed by atoms with E-state index in [9.17, 15) is 8.42 Å². The molecule has 1 atom stereocenters. The van der Waals surface area contributed by atoms with Crippen molar-refractivity contribution in [3.8, 4) is 0 Å². The van der Waals surface area contributed by atoms with E-state index in [0.717, 1.165) is 25.7 Å². The predicted octanol–water partition coefficient (Wildman–Crippen LogP) is 2.43. The largest absolute Gasteiger partial charge is 0.500 e. The first-order valence-electron chi connectivity index (χ1n) is 6.05. The van der Waals surface area contributed by atoms with Crippen molar-refractivity contribution >= 4 is 9.84 Å². The van der Waals surface area contributed by atoms with Gasteiger partial charge in [-0.25, -0.2) is 8.42 Å². The van der Waals surface area contributed by atoms with E-state index in [1.54, 1.807) is 6.26 Å². The van der Waals surface area contributed by atoms with Gasteiger partial charge in [0.25, 0.3) is 0 Å². The van der Waals surface area contributed by atoms with Crippen molar-refractivity contribution in [1.29, 1.82) is 0 Å². The number of rotatable bonds is 3. The maximum atomic E-state index is 11.8. The Morgan fingerprint density at radius 2 is 2.00 bits per heavy atom. The Kier molecular flexibility index (Phi) is 3.29. The van der Waals surface area contributed by atoms with E-state index < -0.39 is 14.6 Å². The van der Waals surface area contributed by atoms with Crippen LogP contribution in [0.5, 0.6) is 0 Å². The van der Waals surface area contributed by atoms with Crippen molar-refractivity contribution in [2.24, 2.45) is 0 Å². The summed E-state index contributed by atoms with van der Waals surface area (Å²) in [6.07, 6.45) is 8.02. The van der Waals surface area contributed by atoms with E-state index in [1.807, 2.05) is 6.92 Å². The van der Waals surface area contributed by atoms with Crippen molar-refractivity contribution < 1.29 is 13.2 Å². The van der Waals surface area contributed by atoms with Crippen LogP contribution in [0.15, 0.2) is 11.8 Å². The van der Waals surface area contributed by atoms with Crippen LogP contribution in [-0.2, 0) is 14.6 Å². The Bertz CT molecular complexity index is 375. The van der Waals surface area contributed by atoms with Crippen molar-refractivity contribution in [1.82, 2.24) is 0 Å². The zero-order valence-corrected chi connectivity index (χ0v) is 10.7. The molecule has 0 aromatic heterocycles. The van der Waals surface area contributed by atoms with Crippen molar-refractivity contribution in [2.45, 2.75) is 50.2 Å². The highest BCUT2D eigenvalue weighted by Gasteiger charge is 2.44. The summed E-state index contributed by atoms with van der Waals surface area (Å²) in [6.45, 7) is 2.13. The molecule has 1 saturated carbocycles. The van der Waals surface area contributed by atoms with E-state index >= 15 is 0 Å². The van der Waals surface area contributed by atoms with Gasteiger partial charge in [0.15, 0.2) is 9.84 Å². The fourth-order valence-electron chi connectivity index (χ4n) is 2.48. The third kappa shape index (κ3) is 2.26. The zero-order chi connectivity index (χ0) is 11.6. The normalized spacial score (nSPS) is 32.9. The molecule has 0 radical (unpaired) electrons. The molecule has 1 heterocycles. The molecule has 0 bridgehead atoms. The zero-order valence-electron chi connectivity index (χ0n) is 9.87. The molecule has 92 valence electrons. The number of ether oxygens (including phenoxy) is 1. The lowest BCUT2D eigenvalue weighted by Gasteiger charge is -2.21. The van der Waals surface area contributed by atoms with Gasteiger partial charge in [0.2, 0.25) is 0 Å². The van der Waals surface area contributed by atoms with Crippen molar-refractivity contribution in [3.05, 3.63) is 11.8 Å². The summed E-state index contributed by atoms with van der Waals surface area (Å²) in [7, 11) is -2.94. The summed E-state index contributed by atoms with van der Waals surface area (Å²) in [5, 5.41) is 0. The van der Waals surface area contributed by atoms with Gasteiger partial charge in [0.1, 0.15) is 11.4 Å². The lowest BCUT2D eigenvalue weighted by Crippen LogP contribution is -2.35. The highest BCUT2D eigenvalue weighted by atomic mass is 32.2. The van der Waals surface area contributed by atoms with Crippen LogP contribution in [-0.4, -0.2) is 25.5 Å². The van der Waals surface area contributed by atoms with E-state index in [4.69, 9.17) is 4.74 Å². The molecule has 2 fully saturated rings. The number of hydrogen-bond donors (Lipinski definition) is 0. The van der Waals surface area contributed by atoms with Crippen LogP contribution in [0.2, 0.25) is 0 Å². The molecule has 1 aliphatic heterocycles. The minimum Gasteiger partial charge on any atom is -0.500 e. The molecular formula is C12H20O3S. The van der Waals surface area contributed by atoms with Gasteiger partial charge in [0.05, 0.1) is 12.0 Å². The molecule has 0 aromatic carbocycles. The summed E-state index contributed by atoms with van der Waals surface area (Å²) in [4.78, 5) is 0. The summed E-state index contributed by atoms with van der Waals surface area (Å²) < 4.78 is 28.5. The van der Waals surface area contributed by atoms with Gasteiger partial charge in [-0.15, -0.1) is 0 Å². The third-order valence-electron chi connectivity index (χ3n) is 3.75. The average Bonchev–Trinajstić information content (AvgIpc) is 2.77. The topological polar surface area (TPSA) is 43.4 Å². The molecule has 1 saturated heterocycles. The minimum absolute atomic E-state index is 0.318. The second-order valence-electron chi connectivity index (χ2n) is 5.17. The highest BCUT2D eigenvalue weighted by Crippen LogP contribution is 2.32. The SMILES string of the molecule is CC1(COC=C2CCCC2)CCCS1(=O)=O. The number of allylic oxidation sites excluding steroid dienone is 1. The number of sulfone groups is 1.